The smallest absolute Gasteiger partial charge is 0.256 e. The molecule has 4 rings (SSSR count). The van der Waals surface area contributed by atoms with Gasteiger partial charge < -0.3 is 20.8 Å². The summed E-state index contributed by atoms with van der Waals surface area (Å²) >= 11 is 1.28. The van der Waals surface area contributed by atoms with Gasteiger partial charge in [0.1, 0.15) is 11.5 Å². The average molecular weight is 457 g/mol. The molecule has 0 heterocycles. The van der Waals surface area contributed by atoms with Crippen molar-refractivity contribution in [2.45, 2.75) is 9.79 Å². The molecule has 2 amide bonds. The van der Waals surface area contributed by atoms with Crippen molar-refractivity contribution in [3.63, 3.8) is 0 Å². The fourth-order valence-corrected chi connectivity index (χ4v) is 4.21. The quantitative estimate of drug-likeness (QED) is 0.277. The summed E-state index contributed by atoms with van der Waals surface area (Å²) in [6.07, 6.45) is 0. The van der Waals surface area contributed by atoms with Crippen molar-refractivity contribution < 1.29 is 19.8 Å². The third-order valence-electron chi connectivity index (χ3n) is 4.79. The first-order chi connectivity index (χ1) is 16.0. The molecule has 4 N–H and O–H groups in total. The Bertz CT molecular complexity index is 1220. The van der Waals surface area contributed by atoms with Crippen molar-refractivity contribution >= 4 is 35.0 Å². The van der Waals surface area contributed by atoms with Crippen molar-refractivity contribution in [1.29, 1.82) is 0 Å². The van der Waals surface area contributed by atoms with Crippen LogP contribution < -0.4 is 10.6 Å². The van der Waals surface area contributed by atoms with Gasteiger partial charge in [0.05, 0.1) is 22.5 Å². The second-order valence-corrected chi connectivity index (χ2v) is 8.12. The van der Waals surface area contributed by atoms with Crippen LogP contribution in [0.1, 0.15) is 20.7 Å². The molecule has 0 bridgehead atoms. The second kappa shape index (κ2) is 9.93. The number of phenolic OH excluding ortho intramolecular Hbond substituents is 2. The summed E-state index contributed by atoms with van der Waals surface area (Å²) in [5.41, 5.74) is 1.43. The number of nitrogens with one attached hydrogen (secondary N) is 2. The van der Waals surface area contributed by atoms with E-state index in [2.05, 4.69) is 10.6 Å². The average Bonchev–Trinajstić information content (AvgIpc) is 2.82. The predicted octanol–water partition coefficient (Wildman–Crippen LogP) is 5.75. The molecule has 0 spiro atoms. The highest BCUT2D eigenvalue weighted by molar-refractivity contribution is 7.99. The van der Waals surface area contributed by atoms with Gasteiger partial charge >= 0.3 is 0 Å². The summed E-state index contributed by atoms with van der Waals surface area (Å²) < 4.78 is 0. The lowest BCUT2D eigenvalue weighted by atomic mass is 10.2. The van der Waals surface area contributed by atoms with Gasteiger partial charge in [0, 0.05) is 9.79 Å². The minimum absolute atomic E-state index is 0.0258. The van der Waals surface area contributed by atoms with E-state index in [9.17, 15) is 19.8 Å². The van der Waals surface area contributed by atoms with E-state index in [-0.39, 0.29) is 23.3 Å². The molecule has 0 saturated heterocycles. The van der Waals surface area contributed by atoms with Crippen LogP contribution in [0.5, 0.6) is 11.5 Å². The van der Waals surface area contributed by atoms with E-state index in [1.807, 2.05) is 12.1 Å². The molecule has 0 aliphatic carbocycles. The fourth-order valence-electron chi connectivity index (χ4n) is 3.14. The lowest BCUT2D eigenvalue weighted by molar-refractivity contribution is 0.101. The van der Waals surface area contributed by atoms with E-state index >= 15 is 0 Å². The number of hydrogen-bond donors (Lipinski definition) is 4. The van der Waals surface area contributed by atoms with Gasteiger partial charge in [0.2, 0.25) is 0 Å². The van der Waals surface area contributed by atoms with Gasteiger partial charge in [-0.1, -0.05) is 60.3 Å². The van der Waals surface area contributed by atoms with Gasteiger partial charge in [-0.15, -0.1) is 0 Å². The molecule has 6 nitrogen and oxygen atoms in total. The zero-order valence-corrected chi connectivity index (χ0v) is 18.2. The molecule has 0 aliphatic rings. The lowest BCUT2D eigenvalue weighted by Crippen LogP contribution is -2.14. The minimum Gasteiger partial charge on any atom is -0.506 e. The van der Waals surface area contributed by atoms with Crippen molar-refractivity contribution in [2.75, 3.05) is 10.6 Å². The van der Waals surface area contributed by atoms with Crippen LogP contribution in [-0.2, 0) is 0 Å². The van der Waals surface area contributed by atoms with E-state index in [4.69, 9.17) is 0 Å². The van der Waals surface area contributed by atoms with Gasteiger partial charge in [-0.3, -0.25) is 9.59 Å². The van der Waals surface area contributed by atoms with E-state index in [0.29, 0.717) is 32.3 Å². The van der Waals surface area contributed by atoms with Crippen molar-refractivity contribution in [3.8, 4) is 11.5 Å². The SMILES string of the molecule is O=C(Nc1ccccc1O)c1ccccc1Sc1ccccc1C(=O)Nc1ccccc1O. The number of phenols is 2. The summed E-state index contributed by atoms with van der Waals surface area (Å²) in [6.45, 7) is 0. The third kappa shape index (κ3) is 5.16. The van der Waals surface area contributed by atoms with E-state index in [1.165, 1.54) is 23.9 Å². The summed E-state index contributed by atoms with van der Waals surface area (Å²) in [5.74, 6) is -0.809. The van der Waals surface area contributed by atoms with Crippen molar-refractivity contribution in [2.24, 2.45) is 0 Å². The molecule has 7 heteroatoms. The second-order valence-electron chi connectivity index (χ2n) is 7.04. The zero-order valence-electron chi connectivity index (χ0n) is 17.4. The van der Waals surface area contributed by atoms with Crippen LogP contribution in [0.25, 0.3) is 0 Å². The lowest BCUT2D eigenvalue weighted by Gasteiger charge is -2.13. The van der Waals surface area contributed by atoms with E-state index < -0.39 is 0 Å². The van der Waals surface area contributed by atoms with Crippen LogP contribution in [0.3, 0.4) is 0 Å². The zero-order chi connectivity index (χ0) is 23.2. The number of benzene rings is 4. The monoisotopic (exact) mass is 456 g/mol. The number of rotatable bonds is 6. The maximum atomic E-state index is 12.9. The number of carbonyl (C=O) groups excluding carboxylic acids is 2. The highest BCUT2D eigenvalue weighted by Crippen LogP contribution is 2.34. The van der Waals surface area contributed by atoms with Gasteiger partial charge in [-0.25, -0.2) is 0 Å². The fraction of sp³-hybridized carbons (Fsp3) is 0. The molecule has 0 fully saturated rings. The number of hydrogen-bond acceptors (Lipinski definition) is 5. The molecule has 0 saturated carbocycles. The minimum atomic E-state index is -0.379. The third-order valence-corrected chi connectivity index (χ3v) is 5.94. The molecular weight excluding hydrogens is 436 g/mol. The first kappa shape index (κ1) is 22.0. The van der Waals surface area contributed by atoms with Crippen LogP contribution >= 0.6 is 11.8 Å². The van der Waals surface area contributed by atoms with Crippen molar-refractivity contribution in [3.05, 3.63) is 108 Å². The number of para-hydroxylation sites is 4. The predicted molar refractivity (Wildman–Crippen MR) is 129 cm³/mol. The summed E-state index contributed by atoms with van der Waals surface area (Å²) in [5, 5.41) is 25.4. The van der Waals surface area contributed by atoms with Gasteiger partial charge in [-0.2, -0.15) is 0 Å². The topological polar surface area (TPSA) is 98.7 Å². The molecule has 0 atom stereocenters. The molecule has 164 valence electrons. The first-order valence-electron chi connectivity index (χ1n) is 10.1. The molecular formula is C26H20N2O4S. The van der Waals surface area contributed by atoms with Crippen LogP contribution in [0, 0.1) is 0 Å². The maximum Gasteiger partial charge on any atom is 0.256 e. The Kier molecular flexibility index (Phi) is 6.61. The Morgan fingerprint density at radius 3 is 1.33 bits per heavy atom. The Morgan fingerprint density at radius 2 is 0.909 bits per heavy atom. The summed E-state index contributed by atoms with van der Waals surface area (Å²) in [7, 11) is 0. The van der Waals surface area contributed by atoms with E-state index in [0.717, 1.165) is 0 Å². The number of aromatic hydroxyl groups is 2. The van der Waals surface area contributed by atoms with Crippen molar-refractivity contribution in [1.82, 2.24) is 0 Å². The Labute approximate surface area is 194 Å². The molecule has 0 aliphatic heterocycles. The Hall–Kier alpha value is -4.23. The van der Waals surface area contributed by atoms with E-state index in [1.54, 1.807) is 72.8 Å². The standard InChI is InChI=1S/C26H20N2O4S/c29-21-13-5-3-11-19(21)27-25(31)17-9-1-7-15-23(17)33-24-16-8-2-10-18(24)26(32)28-20-12-4-6-14-22(20)30/h1-16,29-30H,(H,27,31)(H,28,32). The molecule has 0 radical (unpaired) electrons. The number of carbonyl (C=O) groups is 2. The van der Waals surface area contributed by atoms with Crippen LogP contribution in [0.15, 0.2) is 107 Å². The maximum absolute atomic E-state index is 12.9. The van der Waals surface area contributed by atoms with Gasteiger partial charge in [0.25, 0.3) is 11.8 Å². The number of amides is 2. The van der Waals surface area contributed by atoms with Crippen LogP contribution in [0.2, 0.25) is 0 Å². The first-order valence-corrected chi connectivity index (χ1v) is 10.9. The Balaban J connectivity index is 1.59. The molecule has 33 heavy (non-hydrogen) atoms. The van der Waals surface area contributed by atoms with Gasteiger partial charge in [0.15, 0.2) is 0 Å². The molecule has 0 aromatic heterocycles. The largest absolute Gasteiger partial charge is 0.506 e. The Morgan fingerprint density at radius 1 is 0.545 bits per heavy atom. The highest BCUT2D eigenvalue weighted by atomic mass is 32.2. The molecule has 4 aromatic rings. The van der Waals surface area contributed by atoms with Crippen LogP contribution in [-0.4, -0.2) is 22.0 Å². The van der Waals surface area contributed by atoms with Gasteiger partial charge in [-0.05, 0) is 48.5 Å². The van der Waals surface area contributed by atoms with Crippen LogP contribution in [0.4, 0.5) is 11.4 Å². The number of anilines is 2. The summed E-state index contributed by atoms with van der Waals surface area (Å²) in [4.78, 5) is 27.2. The normalized spacial score (nSPS) is 10.4. The highest BCUT2D eigenvalue weighted by Gasteiger charge is 2.18. The summed E-state index contributed by atoms with van der Waals surface area (Å²) in [6, 6.07) is 27.1. The molecule has 4 aromatic carbocycles. The molecule has 0 unspecified atom stereocenters.